The van der Waals surface area contributed by atoms with E-state index in [-0.39, 0.29) is 12.0 Å². The molecule has 0 spiro atoms. The number of hydrogen-bond donors (Lipinski definition) is 1. The first-order chi connectivity index (χ1) is 18.1. The van der Waals surface area contributed by atoms with Crippen molar-refractivity contribution in [2.24, 2.45) is 0 Å². The lowest BCUT2D eigenvalue weighted by Gasteiger charge is -2.33. The molecule has 1 N–H and O–H groups in total. The second-order valence-electron chi connectivity index (χ2n) is 11.9. The zero-order valence-electron chi connectivity index (χ0n) is 24.2. The predicted molar refractivity (Wildman–Crippen MR) is 161 cm³/mol. The number of ether oxygens (including phenoxy) is 1. The summed E-state index contributed by atoms with van der Waals surface area (Å²) in [7, 11) is -1.09. The van der Waals surface area contributed by atoms with E-state index in [2.05, 4.69) is 58.1 Å². The third-order valence-electron chi connectivity index (χ3n) is 6.14. The summed E-state index contributed by atoms with van der Waals surface area (Å²) in [5.41, 5.74) is 3.53. The van der Waals surface area contributed by atoms with Crippen molar-refractivity contribution in [3.63, 3.8) is 0 Å². The van der Waals surface area contributed by atoms with Gasteiger partial charge in [-0.1, -0.05) is 68.8 Å². The number of anilines is 1. The van der Waals surface area contributed by atoms with Gasteiger partial charge in [0.1, 0.15) is 11.4 Å². The maximum absolute atomic E-state index is 11.9. The Balaban J connectivity index is 1.92. The molecule has 1 radical (unpaired) electrons. The minimum Gasteiger partial charge on any atom is -0.465 e. The van der Waals surface area contributed by atoms with E-state index in [0.717, 1.165) is 16.8 Å². The van der Waals surface area contributed by atoms with Crippen molar-refractivity contribution in [2.75, 3.05) is 5.06 Å². The van der Waals surface area contributed by atoms with Gasteiger partial charge >= 0.3 is 6.09 Å². The van der Waals surface area contributed by atoms with Gasteiger partial charge in [-0.2, -0.15) is 0 Å². The molecule has 209 valence electrons. The van der Waals surface area contributed by atoms with Gasteiger partial charge in [0.15, 0.2) is 5.75 Å². The fraction of sp³-hybridized carbons (Fsp3) is 0.387. The number of hydrogen-bond acceptors (Lipinski definition) is 4. The maximum Gasteiger partial charge on any atom is 0.408 e. The number of carbonyl (C=O) groups is 1. The molecule has 8 heteroatoms. The molecule has 0 bridgehead atoms. The van der Waals surface area contributed by atoms with E-state index < -0.39 is 20.7 Å². The highest BCUT2D eigenvalue weighted by molar-refractivity contribution is 6.48. The van der Waals surface area contributed by atoms with Crippen LogP contribution in [0.3, 0.4) is 0 Å². The van der Waals surface area contributed by atoms with Crippen LogP contribution in [0.2, 0.25) is 18.1 Å². The monoisotopic (exact) mass is 567 g/mol. The van der Waals surface area contributed by atoms with E-state index in [1.165, 1.54) is 10.5 Å². The predicted octanol–water partition coefficient (Wildman–Crippen LogP) is 8.90. The van der Waals surface area contributed by atoms with Crippen LogP contribution in [-0.4, -0.2) is 30.7 Å². The molecule has 6 nitrogen and oxygen atoms in total. The first-order valence-electron chi connectivity index (χ1n) is 13.1. The lowest BCUT2D eigenvalue weighted by molar-refractivity contribution is 0.0955. The molecule has 3 aromatic rings. The van der Waals surface area contributed by atoms with Crippen molar-refractivity contribution in [2.45, 2.75) is 78.7 Å². The average Bonchev–Trinajstić information content (AvgIpc) is 2.81. The Morgan fingerprint density at radius 3 is 2.13 bits per heavy atom. The van der Waals surface area contributed by atoms with Gasteiger partial charge in [0, 0.05) is 23.2 Å². The zero-order chi connectivity index (χ0) is 29.0. The third kappa shape index (κ3) is 8.75. The Morgan fingerprint density at radius 2 is 1.56 bits per heavy atom. The van der Waals surface area contributed by atoms with E-state index in [4.69, 9.17) is 20.9 Å². The van der Waals surface area contributed by atoms with E-state index in [1.807, 2.05) is 62.2 Å². The highest BCUT2D eigenvalue weighted by atomic mass is 35.5. The molecule has 3 aromatic carbocycles. The maximum atomic E-state index is 11.9. The molecule has 0 heterocycles. The molecular weight excluding hydrogens is 528 g/mol. The second kappa shape index (κ2) is 12.5. The van der Waals surface area contributed by atoms with Gasteiger partial charge in [0.2, 0.25) is 9.04 Å². The molecule has 0 aliphatic carbocycles. The smallest absolute Gasteiger partial charge is 0.408 e. The summed E-state index contributed by atoms with van der Waals surface area (Å²) in [6.45, 7) is 17.2. The van der Waals surface area contributed by atoms with Crippen molar-refractivity contribution in [1.82, 2.24) is 4.90 Å². The summed E-state index contributed by atoms with van der Waals surface area (Å²) in [4.78, 5) is 13.3. The van der Waals surface area contributed by atoms with Crippen LogP contribution >= 0.6 is 11.6 Å². The first kappa shape index (κ1) is 30.5. The Kier molecular flexibility index (Phi) is 9.75. The van der Waals surface area contributed by atoms with E-state index in [0.29, 0.717) is 23.1 Å². The van der Waals surface area contributed by atoms with E-state index in [9.17, 15) is 9.90 Å². The lowest BCUT2D eigenvalue weighted by Crippen LogP contribution is -2.44. The number of carboxylic acid groups (broad SMARTS) is 1. The minimum atomic E-state index is -1.09. The van der Waals surface area contributed by atoms with Crippen LogP contribution in [0.25, 0.3) is 0 Å². The SMILES string of the molecule is C[Si](C)ON(Cc1ccc(C(C)(C)C)cc1)c1ccc(Cl)cc1Oc1cccc(CN(C(=O)O)C(C)(C)C)c1. The van der Waals surface area contributed by atoms with Gasteiger partial charge in [-0.15, -0.1) is 0 Å². The van der Waals surface area contributed by atoms with Gasteiger partial charge in [-0.3, -0.25) is 9.96 Å². The van der Waals surface area contributed by atoms with Gasteiger partial charge in [-0.25, -0.2) is 4.79 Å². The first-order valence-corrected chi connectivity index (χ1v) is 15.8. The summed E-state index contributed by atoms with van der Waals surface area (Å²) in [6, 6.07) is 21.6. The normalized spacial score (nSPS) is 11.9. The molecule has 0 fully saturated rings. The fourth-order valence-corrected chi connectivity index (χ4v) is 4.81. The second-order valence-corrected chi connectivity index (χ2v) is 14.3. The number of rotatable bonds is 9. The Labute approximate surface area is 239 Å². The molecule has 3 rings (SSSR count). The molecule has 0 saturated heterocycles. The Bertz CT molecular complexity index is 1270. The highest BCUT2D eigenvalue weighted by Gasteiger charge is 2.26. The minimum absolute atomic E-state index is 0.0812. The Hall–Kier alpha value is -3.00. The van der Waals surface area contributed by atoms with Crippen LogP contribution in [0.4, 0.5) is 10.5 Å². The van der Waals surface area contributed by atoms with Gasteiger partial charge in [0.25, 0.3) is 0 Å². The average molecular weight is 568 g/mol. The van der Waals surface area contributed by atoms with Crippen LogP contribution in [0, 0.1) is 0 Å². The molecule has 0 atom stereocenters. The van der Waals surface area contributed by atoms with Crippen LogP contribution in [0.1, 0.15) is 58.2 Å². The molecule has 0 aliphatic heterocycles. The van der Waals surface area contributed by atoms with Gasteiger partial charge in [0.05, 0.1) is 6.54 Å². The zero-order valence-corrected chi connectivity index (χ0v) is 26.0. The quantitative estimate of drug-likeness (QED) is 0.206. The van der Waals surface area contributed by atoms with Crippen molar-refractivity contribution < 1.29 is 19.2 Å². The molecule has 0 saturated carbocycles. The molecule has 0 aromatic heterocycles. The molecular formula is C31H40ClN2O4Si. The summed E-state index contributed by atoms with van der Waals surface area (Å²) >= 11 is 6.39. The fourth-order valence-electron chi connectivity index (χ4n) is 4.05. The summed E-state index contributed by atoms with van der Waals surface area (Å²) in [5.74, 6) is 1.14. The number of nitrogens with zero attached hydrogens (tertiary/aromatic N) is 2. The van der Waals surface area contributed by atoms with Crippen LogP contribution in [0.15, 0.2) is 66.7 Å². The number of hydroxylamine groups is 1. The van der Waals surface area contributed by atoms with Crippen molar-refractivity contribution in [3.05, 3.63) is 88.4 Å². The molecule has 0 unspecified atom stereocenters. The summed E-state index contributed by atoms with van der Waals surface area (Å²) in [6.07, 6.45) is -0.967. The van der Waals surface area contributed by atoms with Gasteiger partial charge in [-0.05, 0) is 80.2 Å². The number of benzene rings is 3. The van der Waals surface area contributed by atoms with Crippen LogP contribution in [-0.2, 0) is 23.0 Å². The van der Waals surface area contributed by atoms with Crippen molar-refractivity contribution >= 4 is 32.4 Å². The van der Waals surface area contributed by atoms with Crippen LogP contribution in [0.5, 0.6) is 11.5 Å². The largest absolute Gasteiger partial charge is 0.465 e. The summed E-state index contributed by atoms with van der Waals surface area (Å²) in [5, 5.41) is 12.1. The summed E-state index contributed by atoms with van der Waals surface area (Å²) < 4.78 is 12.7. The van der Waals surface area contributed by atoms with E-state index >= 15 is 0 Å². The topological polar surface area (TPSA) is 62.2 Å². The standard InChI is InChI=1S/C31H40ClN2O4Si/c1-30(2,3)24-14-12-22(13-15-24)21-34(38-39(7)8)27-17-16-25(32)19-28(27)37-26-11-9-10-23(18-26)20-33(29(35)36)31(4,5)6/h9-19H,20-21H2,1-8H3,(H,35,36). The molecule has 39 heavy (non-hydrogen) atoms. The van der Waals surface area contributed by atoms with Crippen LogP contribution < -0.4 is 9.80 Å². The molecule has 1 amide bonds. The number of halogens is 1. The highest BCUT2D eigenvalue weighted by Crippen LogP contribution is 2.37. The third-order valence-corrected chi connectivity index (χ3v) is 6.96. The van der Waals surface area contributed by atoms with Crippen molar-refractivity contribution in [3.8, 4) is 11.5 Å². The van der Waals surface area contributed by atoms with Gasteiger partial charge < -0.3 is 14.4 Å². The number of amides is 1. The van der Waals surface area contributed by atoms with E-state index in [1.54, 1.807) is 6.07 Å². The van der Waals surface area contributed by atoms with Crippen molar-refractivity contribution in [1.29, 1.82) is 0 Å². The Morgan fingerprint density at radius 1 is 0.897 bits per heavy atom. The molecule has 0 aliphatic rings. The lowest BCUT2D eigenvalue weighted by atomic mass is 9.87.